The predicted octanol–water partition coefficient (Wildman–Crippen LogP) is 0.851. The van der Waals surface area contributed by atoms with Crippen LogP contribution in [-0.4, -0.2) is 36.8 Å². The topological polar surface area (TPSA) is 104 Å². The molecule has 0 saturated carbocycles. The molecule has 0 aliphatic heterocycles. The summed E-state index contributed by atoms with van der Waals surface area (Å²) in [5, 5.41) is 3.85. The normalized spacial score (nSPS) is 11.5. The van der Waals surface area contributed by atoms with Crippen LogP contribution in [0.1, 0.15) is 0 Å². The summed E-state index contributed by atoms with van der Waals surface area (Å²) in [6.07, 6.45) is 2.69. The molecule has 2 heterocycles. The fraction of sp³-hybridized carbons (Fsp3) is 0.200. The zero-order valence-electron chi connectivity index (χ0n) is 13.8. The lowest BCUT2D eigenvalue weighted by atomic mass is 10.3. The Morgan fingerprint density at radius 3 is 2.32 bits per heavy atom. The molecule has 0 saturated heterocycles. The Morgan fingerprint density at radius 1 is 1.08 bits per heavy atom. The molecular weight excluding hydrogens is 348 g/mol. The summed E-state index contributed by atoms with van der Waals surface area (Å²) in [7, 11) is 0.515. The summed E-state index contributed by atoms with van der Waals surface area (Å²) in [5.74, 6) is 0.884. The first-order valence-electron chi connectivity index (χ1n) is 7.14. The van der Waals surface area contributed by atoms with E-state index in [2.05, 4.69) is 9.82 Å². The Bertz CT molecular complexity index is 1080. The Morgan fingerprint density at radius 2 is 1.72 bits per heavy atom. The third-order valence-corrected chi connectivity index (χ3v) is 4.95. The molecular formula is C15H16N4O5S. The number of nitrogens with one attached hydrogen (secondary N) is 1. The van der Waals surface area contributed by atoms with Crippen LogP contribution in [0.2, 0.25) is 0 Å². The second-order valence-corrected chi connectivity index (χ2v) is 6.92. The third kappa shape index (κ3) is 3.15. The van der Waals surface area contributed by atoms with Gasteiger partial charge in [0.25, 0.3) is 15.6 Å². The highest BCUT2D eigenvalue weighted by molar-refractivity contribution is 7.92. The first kappa shape index (κ1) is 16.8. The lowest BCUT2D eigenvalue weighted by Crippen LogP contribution is -2.20. The van der Waals surface area contributed by atoms with Crippen molar-refractivity contribution in [2.45, 2.75) is 4.90 Å². The number of fused-ring (bicyclic) bond motifs is 1. The average Bonchev–Trinajstić information content (AvgIpc) is 3.03. The highest BCUT2D eigenvalue weighted by atomic mass is 32.2. The second-order valence-electron chi connectivity index (χ2n) is 5.23. The van der Waals surface area contributed by atoms with Crippen LogP contribution < -0.4 is 19.8 Å². The van der Waals surface area contributed by atoms with Gasteiger partial charge in [0.15, 0.2) is 0 Å². The van der Waals surface area contributed by atoms with E-state index < -0.39 is 15.6 Å². The molecule has 0 spiro atoms. The van der Waals surface area contributed by atoms with Gasteiger partial charge in [0.2, 0.25) is 0 Å². The number of ether oxygens (including phenoxy) is 2. The lowest BCUT2D eigenvalue weighted by molar-refractivity contribution is 0.395. The van der Waals surface area contributed by atoms with Gasteiger partial charge in [-0.05, 0) is 6.07 Å². The van der Waals surface area contributed by atoms with Crippen LogP contribution in [-0.2, 0) is 17.1 Å². The van der Waals surface area contributed by atoms with Crippen molar-refractivity contribution in [3.8, 4) is 11.5 Å². The molecule has 25 heavy (non-hydrogen) atoms. The van der Waals surface area contributed by atoms with Crippen molar-refractivity contribution in [3.63, 3.8) is 0 Å². The standard InChI is InChI=1S/C15H16N4O5S/c1-18-15(20)14-7-13(8-19(14)9-16-18)25(21,22)17-10-4-11(23-2)6-12(5-10)24-3/h4-9,17H,1-3H3. The maximum absolute atomic E-state index is 12.6. The van der Waals surface area contributed by atoms with Crippen molar-refractivity contribution in [2.24, 2.45) is 7.05 Å². The van der Waals surface area contributed by atoms with Gasteiger partial charge in [0, 0.05) is 31.4 Å². The van der Waals surface area contributed by atoms with E-state index in [9.17, 15) is 13.2 Å². The van der Waals surface area contributed by atoms with Crippen molar-refractivity contribution < 1.29 is 17.9 Å². The summed E-state index contributed by atoms with van der Waals surface area (Å²) in [5.41, 5.74) is 0.0885. The molecule has 0 aliphatic carbocycles. The zero-order chi connectivity index (χ0) is 18.2. The predicted molar refractivity (Wildman–Crippen MR) is 90.8 cm³/mol. The number of hydrogen-bond donors (Lipinski definition) is 1. The van der Waals surface area contributed by atoms with Crippen molar-refractivity contribution in [2.75, 3.05) is 18.9 Å². The van der Waals surface area contributed by atoms with Gasteiger partial charge < -0.3 is 9.47 Å². The summed E-state index contributed by atoms with van der Waals surface area (Å²) >= 11 is 0. The molecule has 1 N–H and O–H groups in total. The number of sulfonamides is 1. The Hall–Kier alpha value is -3.01. The van der Waals surface area contributed by atoms with Crippen LogP contribution in [0.15, 0.2) is 46.5 Å². The monoisotopic (exact) mass is 364 g/mol. The van der Waals surface area contributed by atoms with E-state index in [0.29, 0.717) is 11.5 Å². The first-order chi connectivity index (χ1) is 11.8. The molecule has 0 amide bonds. The SMILES string of the molecule is COc1cc(NS(=O)(=O)c2cc3c(=O)n(C)ncn3c2)cc(OC)c1. The molecule has 3 rings (SSSR count). The molecule has 10 heteroatoms. The Balaban J connectivity index is 2.03. The summed E-state index contributed by atoms with van der Waals surface area (Å²) < 4.78 is 40.5. The average molecular weight is 364 g/mol. The maximum atomic E-state index is 12.6. The van der Waals surface area contributed by atoms with Gasteiger partial charge in [-0.1, -0.05) is 0 Å². The summed E-state index contributed by atoms with van der Waals surface area (Å²) in [6.45, 7) is 0. The van der Waals surface area contributed by atoms with Crippen molar-refractivity contribution in [1.29, 1.82) is 0 Å². The van der Waals surface area contributed by atoms with Crippen LogP contribution in [0.3, 0.4) is 0 Å². The fourth-order valence-electron chi connectivity index (χ4n) is 2.30. The van der Waals surface area contributed by atoms with Gasteiger partial charge in [-0.2, -0.15) is 5.10 Å². The Kier molecular flexibility index (Phi) is 4.13. The highest BCUT2D eigenvalue weighted by Gasteiger charge is 2.19. The molecule has 0 unspecified atom stereocenters. The highest BCUT2D eigenvalue weighted by Crippen LogP contribution is 2.27. The molecule has 132 valence electrons. The van der Waals surface area contributed by atoms with Gasteiger partial charge in [0.05, 0.1) is 19.9 Å². The largest absolute Gasteiger partial charge is 0.497 e. The first-order valence-corrected chi connectivity index (χ1v) is 8.62. The van der Waals surface area contributed by atoms with Crippen LogP contribution in [0.25, 0.3) is 5.52 Å². The fourth-order valence-corrected chi connectivity index (χ4v) is 3.36. The molecule has 0 radical (unpaired) electrons. The number of nitrogens with zero attached hydrogens (tertiary/aromatic N) is 3. The van der Waals surface area contributed by atoms with E-state index in [1.807, 2.05) is 0 Å². The van der Waals surface area contributed by atoms with E-state index in [1.165, 1.54) is 56.4 Å². The van der Waals surface area contributed by atoms with Gasteiger partial charge in [0.1, 0.15) is 28.2 Å². The van der Waals surface area contributed by atoms with Gasteiger partial charge >= 0.3 is 0 Å². The Labute approximate surface area is 143 Å². The minimum atomic E-state index is -3.91. The van der Waals surface area contributed by atoms with Gasteiger partial charge in [-0.3, -0.25) is 13.9 Å². The number of hydrogen-bond acceptors (Lipinski definition) is 6. The zero-order valence-corrected chi connectivity index (χ0v) is 14.6. The molecule has 2 aromatic heterocycles. The van der Waals surface area contributed by atoms with Crippen LogP contribution in [0.4, 0.5) is 5.69 Å². The number of rotatable bonds is 5. The number of methoxy groups -OCH3 is 2. The van der Waals surface area contributed by atoms with Crippen molar-refractivity contribution in [3.05, 3.63) is 47.1 Å². The van der Waals surface area contributed by atoms with E-state index in [1.54, 1.807) is 6.07 Å². The molecule has 0 fully saturated rings. The minimum Gasteiger partial charge on any atom is -0.497 e. The number of benzene rings is 1. The summed E-state index contributed by atoms with van der Waals surface area (Å²) in [6, 6.07) is 5.97. The molecule has 9 nitrogen and oxygen atoms in total. The second kappa shape index (κ2) is 6.13. The van der Waals surface area contributed by atoms with Crippen LogP contribution >= 0.6 is 0 Å². The molecule has 0 atom stereocenters. The van der Waals surface area contributed by atoms with Gasteiger partial charge in [-0.15, -0.1) is 0 Å². The quantitative estimate of drug-likeness (QED) is 0.720. The van der Waals surface area contributed by atoms with E-state index in [4.69, 9.17) is 9.47 Å². The molecule has 0 aliphatic rings. The third-order valence-electron chi connectivity index (χ3n) is 3.60. The molecule has 0 bridgehead atoms. The van der Waals surface area contributed by atoms with E-state index in [-0.39, 0.29) is 16.1 Å². The molecule has 3 aromatic rings. The van der Waals surface area contributed by atoms with Crippen molar-refractivity contribution >= 4 is 21.2 Å². The van der Waals surface area contributed by atoms with Gasteiger partial charge in [-0.25, -0.2) is 13.1 Å². The summed E-state index contributed by atoms with van der Waals surface area (Å²) in [4.78, 5) is 12.0. The molecule has 1 aromatic carbocycles. The van der Waals surface area contributed by atoms with Crippen molar-refractivity contribution in [1.82, 2.24) is 14.2 Å². The number of anilines is 1. The smallest absolute Gasteiger partial charge is 0.290 e. The van der Waals surface area contributed by atoms with E-state index in [0.717, 1.165) is 4.68 Å². The minimum absolute atomic E-state index is 0.0561. The van der Waals surface area contributed by atoms with Crippen LogP contribution in [0, 0.1) is 0 Å². The lowest BCUT2D eigenvalue weighted by Gasteiger charge is -2.10. The number of aromatic nitrogens is 3. The van der Waals surface area contributed by atoms with Crippen LogP contribution in [0.5, 0.6) is 11.5 Å². The maximum Gasteiger partial charge on any atom is 0.290 e. The number of aryl methyl sites for hydroxylation is 1. The van der Waals surface area contributed by atoms with E-state index >= 15 is 0 Å².